The fourth-order valence-corrected chi connectivity index (χ4v) is 7.88. The van der Waals surface area contributed by atoms with Crippen molar-refractivity contribution in [2.75, 3.05) is 0 Å². The molecule has 0 bridgehead atoms. The van der Waals surface area contributed by atoms with Crippen molar-refractivity contribution in [1.29, 1.82) is 0 Å². The summed E-state index contributed by atoms with van der Waals surface area (Å²) in [6, 6.07) is 64.4. The van der Waals surface area contributed by atoms with Gasteiger partial charge in [-0.25, -0.2) is 15.0 Å². The van der Waals surface area contributed by atoms with Crippen LogP contribution < -0.4 is 0 Å². The van der Waals surface area contributed by atoms with Crippen molar-refractivity contribution >= 4 is 43.9 Å². The Balaban J connectivity index is 1.15. The molecule has 0 aliphatic carbocycles. The molecule has 0 atom stereocenters. The van der Waals surface area contributed by atoms with E-state index in [1.165, 1.54) is 0 Å². The van der Waals surface area contributed by atoms with Crippen molar-refractivity contribution in [2.45, 2.75) is 0 Å². The van der Waals surface area contributed by atoms with Crippen LogP contribution in [0.3, 0.4) is 0 Å². The first-order valence-corrected chi connectivity index (χ1v) is 18.7. The minimum Gasteiger partial charge on any atom is -0.455 e. The van der Waals surface area contributed by atoms with Crippen LogP contribution in [0.2, 0.25) is 0 Å². The van der Waals surface area contributed by atoms with Crippen LogP contribution in [-0.4, -0.2) is 15.0 Å². The minimum absolute atomic E-state index is 0.560. The average Bonchev–Trinajstić information content (AvgIpc) is 3.86. The molecule has 3 aromatic heterocycles. The van der Waals surface area contributed by atoms with Gasteiger partial charge in [0, 0.05) is 49.4 Å². The average molecular weight is 718 g/mol. The molecule has 3 heterocycles. The second kappa shape index (κ2) is 13.0. The maximum atomic E-state index is 6.77. The lowest BCUT2D eigenvalue weighted by Gasteiger charge is -2.12. The van der Waals surface area contributed by atoms with E-state index in [1.54, 1.807) is 0 Å². The van der Waals surface area contributed by atoms with Crippen molar-refractivity contribution in [1.82, 2.24) is 15.0 Å². The first-order valence-electron chi connectivity index (χ1n) is 18.7. The molecule has 0 radical (unpaired) electrons. The summed E-state index contributed by atoms with van der Waals surface area (Å²) >= 11 is 0. The molecule has 0 saturated carbocycles. The van der Waals surface area contributed by atoms with E-state index in [9.17, 15) is 0 Å². The number of benzene rings is 8. The van der Waals surface area contributed by atoms with E-state index in [0.717, 1.165) is 93.9 Å². The fraction of sp³-hybridized carbons (Fsp3) is 0. The van der Waals surface area contributed by atoms with Crippen molar-refractivity contribution in [3.63, 3.8) is 0 Å². The highest BCUT2D eigenvalue weighted by Crippen LogP contribution is 2.44. The largest absolute Gasteiger partial charge is 0.455 e. The van der Waals surface area contributed by atoms with Crippen LogP contribution in [-0.2, 0) is 0 Å². The number of aromatic nitrogens is 3. The van der Waals surface area contributed by atoms with Gasteiger partial charge in [0.25, 0.3) is 0 Å². The summed E-state index contributed by atoms with van der Waals surface area (Å²) in [5.74, 6) is 1.74. The van der Waals surface area contributed by atoms with E-state index in [2.05, 4.69) is 140 Å². The first-order chi connectivity index (χ1) is 27.7. The van der Waals surface area contributed by atoms with Gasteiger partial charge in [-0.3, -0.25) is 0 Å². The first kappa shape index (κ1) is 31.9. The maximum absolute atomic E-state index is 6.77. The summed E-state index contributed by atoms with van der Waals surface area (Å²) in [6.07, 6.45) is 0. The highest BCUT2D eigenvalue weighted by atomic mass is 16.3. The monoisotopic (exact) mass is 717 g/mol. The summed E-state index contributed by atoms with van der Waals surface area (Å²) in [6.45, 7) is 0. The van der Waals surface area contributed by atoms with E-state index < -0.39 is 0 Å². The van der Waals surface area contributed by atoms with Crippen LogP contribution in [0.25, 0.3) is 111 Å². The minimum atomic E-state index is 0.560. The molecule has 5 nitrogen and oxygen atoms in total. The molecular formula is C51H31N3O2. The molecule has 56 heavy (non-hydrogen) atoms. The number of hydrogen-bond donors (Lipinski definition) is 0. The molecule has 0 saturated heterocycles. The van der Waals surface area contributed by atoms with Crippen molar-refractivity contribution in [2.24, 2.45) is 0 Å². The summed E-state index contributed by atoms with van der Waals surface area (Å²) in [4.78, 5) is 15.7. The molecule has 0 spiro atoms. The van der Waals surface area contributed by atoms with Gasteiger partial charge in [-0.15, -0.1) is 0 Å². The highest BCUT2D eigenvalue weighted by Gasteiger charge is 2.23. The molecule has 11 aromatic rings. The smallest absolute Gasteiger partial charge is 0.164 e. The Hall–Kier alpha value is -7.63. The second-order valence-electron chi connectivity index (χ2n) is 13.9. The molecule has 5 heteroatoms. The zero-order valence-corrected chi connectivity index (χ0v) is 30.1. The maximum Gasteiger partial charge on any atom is 0.164 e. The Morgan fingerprint density at radius 1 is 0.286 bits per heavy atom. The number of furan rings is 2. The van der Waals surface area contributed by atoms with E-state index >= 15 is 0 Å². The van der Waals surface area contributed by atoms with Gasteiger partial charge in [-0.1, -0.05) is 152 Å². The lowest BCUT2D eigenvalue weighted by molar-refractivity contribution is 0.665. The second-order valence-corrected chi connectivity index (χ2v) is 13.9. The van der Waals surface area contributed by atoms with Crippen LogP contribution in [0.4, 0.5) is 0 Å². The molecule has 0 N–H and O–H groups in total. The van der Waals surface area contributed by atoms with Crippen LogP contribution in [0.5, 0.6) is 0 Å². The van der Waals surface area contributed by atoms with Crippen molar-refractivity contribution in [3.05, 3.63) is 188 Å². The van der Waals surface area contributed by atoms with Gasteiger partial charge < -0.3 is 8.83 Å². The Kier molecular flexibility index (Phi) is 7.42. The van der Waals surface area contributed by atoms with Gasteiger partial charge in [0.15, 0.2) is 17.5 Å². The van der Waals surface area contributed by atoms with Gasteiger partial charge >= 0.3 is 0 Å². The molecule has 262 valence electrons. The Labute approximate surface area is 322 Å². The third-order valence-electron chi connectivity index (χ3n) is 10.6. The van der Waals surface area contributed by atoms with Crippen molar-refractivity contribution in [3.8, 4) is 67.5 Å². The molecule has 8 aromatic carbocycles. The van der Waals surface area contributed by atoms with Gasteiger partial charge in [-0.05, 0) is 58.7 Å². The Bertz CT molecular complexity index is 3150. The van der Waals surface area contributed by atoms with Gasteiger partial charge in [-0.2, -0.15) is 0 Å². The Morgan fingerprint density at radius 3 is 1.39 bits per heavy atom. The van der Waals surface area contributed by atoms with E-state index in [0.29, 0.717) is 17.5 Å². The van der Waals surface area contributed by atoms with Crippen LogP contribution in [0, 0.1) is 0 Å². The number of nitrogens with zero attached hydrogens (tertiary/aromatic N) is 3. The predicted molar refractivity (Wildman–Crippen MR) is 227 cm³/mol. The summed E-state index contributed by atoms with van der Waals surface area (Å²) in [5.41, 5.74) is 12.2. The zero-order chi connectivity index (χ0) is 37.0. The van der Waals surface area contributed by atoms with Crippen LogP contribution in [0.15, 0.2) is 197 Å². The van der Waals surface area contributed by atoms with E-state index in [-0.39, 0.29) is 0 Å². The van der Waals surface area contributed by atoms with Crippen LogP contribution in [0.1, 0.15) is 0 Å². The molecular weight excluding hydrogens is 687 g/mol. The topological polar surface area (TPSA) is 65.0 Å². The van der Waals surface area contributed by atoms with E-state index in [4.69, 9.17) is 23.8 Å². The number of para-hydroxylation sites is 3. The van der Waals surface area contributed by atoms with Crippen molar-refractivity contribution < 1.29 is 8.83 Å². The lowest BCUT2D eigenvalue weighted by atomic mass is 9.96. The summed E-state index contributed by atoms with van der Waals surface area (Å²) in [5, 5.41) is 4.07. The zero-order valence-electron chi connectivity index (χ0n) is 30.1. The van der Waals surface area contributed by atoms with Gasteiger partial charge in [0.05, 0.1) is 0 Å². The number of rotatable bonds is 6. The van der Waals surface area contributed by atoms with E-state index in [1.807, 2.05) is 48.5 Å². The number of fused-ring (bicyclic) bond motifs is 6. The SMILES string of the molecule is c1ccc(-c2cccc(-c3nc(-c4cccc(-c5ccccc5)c4)nc(-c4ccc(-c5cccc6c5oc5ccccc56)c5oc6ccccc6c45)n3)c2)cc1. The molecule has 11 rings (SSSR count). The quantitative estimate of drug-likeness (QED) is 0.171. The third-order valence-corrected chi connectivity index (χ3v) is 10.6. The molecule has 0 amide bonds. The van der Waals surface area contributed by atoms with Crippen LogP contribution >= 0.6 is 0 Å². The number of hydrogen-bond acceptors (Lipinski definition) is 5. The fourth-order valence-electron chi connectivity index (χ4n) is 7.88. The van der Waals surface area contributed by atoms with Gasteiger partial charge in [0.2, 0.25) is 0 Å². The standard InChI is InChI=1S/C51H31N3O2/c1-3-14-32(15-4-1)34-18-11-20-36(30-34)49-52-50(37-21-12-19-35(31-37)33-16-5-2-6-17-33)54-51(53-49)43-29-28-41(48-46(43)42-23-8-10-27-45(42)56-48)40-25-13-24-39-38-22-7-9-26-44(38)55-47(39)40/h1-31H. The molecule has 0 unspecified atom stereocenters. The normalized spacial score (nSPS) is 11.6. The summed E-state index contributed by atoms with van der Waals surface area (Å²) in [7, 11) is 0. The van der Waals surface area contributed by atoms with Gasteiger partial charge in [0.1, 0.15) is 22.3 Å². The predicted octanol–water partition coefficient (Wildman–Crippen LogP) is 13.7. The lowest BCUT2D eigenvalue weighted by Crippen LogP contribution is -2.01. The molecule has 0 fully saturated rings. The highest BCUT2D eigenvalue weighted by molar-refractivity contribution is 6.18. The Morgan fingerprint density at radius 2 is 0.732 bits per heavy atom. The molecule has 0 aliphatic heterocycles. The third kappa shape index (κ3) is 5.37. The summed E-state index contributed by atoms with van der Waals surface area (Å²) < 4.78 is 13.3. The molecule has 0 aliphatic rings.